The summed E-state index contributed by atoms with van der Waals surface area (Å²) in [6, 6.07) is 16.4. The van der Waals surface area contributed by atoms with Gasteiger partial charge in [-0.2, -0.15) is 0 Å². The molecular weight excluding hydrogens is 302 g/mol. The normalized spacial score (nSPS) is 15.2. The number of hydrogen-bond donors (Lipinski definition) is 3. The number of nitrogens with one attached hydrogen (secondary N) is 2. The second-order valence-electron chi connectivity index (χ2n) is 6.25. The van der Waals surface area contributed by atoms with Crippen molar-refractivity contribution < 1.29 is 9.59 Å². The summed E-state index contributed by atoms with van der Waals surface area (Å²) in [6.45, 7) is 0.636. The minimum Gasteiger partial charge on any atom is -0.351 e. The first-order valence-corrected chi connectivity index (χ1v) is 8.09. The Bertz CT molecular complexity index is 722. The molecule has 0 aromatic heterocycles. The highest BCUT2D eigenvalue weighted by Crippen LogP contribution is 2.43. The van der Waals surface area contributed by atoms with Gasteiger partial charge in [-0.25, -0.2) is 4.79 Å². The number of carbonyl (C=O) groups excluding carboxylic acids is 2. The zero-order chi connectivity index (χ0) is 17.0. The Hall–Kier alpha value is -2.82. The van der Waals surface area contributed by atoms with Crippen LogP contribution in [0.1, 0.15) is 35.2 Å². The number of hydrogen-bond acceptors (Lipinski definition) is 2. The molecule has 1 fully saturated rings. The molecule has 0 saturated heterocycles. The number of carbonyl (C=O) groups is 2. The van der Waals surface area contributed by atoms with Crippen molar-refractivity contribution in [1.29, 1.82) is 0 Å². The van der Waals surface area contributed by atoms with Crippen LogP contribution in [0.5, 0.6) is 0 Å². The monoisotopic (exact) mass is 323 g/mol. The highest BCUT2D eigenvalue weighted by Gasteiger charge is 2.38. The van der Waals surface area contributed by atoms with Crippen LogP contribution < -0.4 is 16.4 Å². The Morgan fingerprint density at radius 1 is 1.00 bits per heavy atom. The van der Waals surface area contributed by atoms with Gasteiger partial charge in [0.05, 0.1) is 0 Å². The van der Waals surface area contributed by atoms with Crippen molar-refractivity contribution in [3.05, 3.63) is 65.7 Å². The summed E-state index contributed by atoms with van der Waals surface area (Å²) in [5.41, 5.74) is 7.55. The average Bonchev–Trinajstić information content (AvgIpc) is 2.55. The van der Waals surface area contributed by atoms with E-state index in [9.17, 15) is 9.59 Å². The van der Waals surface area contributed by atoms with E-state index in [1.165, 1.54) is 12.0 Å². The second-order valence-corrected chi connectivity index (χ2v) is 6.25. The van der Waals surface area contributed by atoms with E-state index >= 15 is 0 Å². The summed E-state index contributed by atoms with van der Waals surface area (Å²) in [5.74, 6) is -0.108. The molecule has 0 atom stereocenters. The number of anilines is 1. The predicted molar refractivity (Wildman–Crippen MR) is 94.0 cm³/mol. The van der Waals surface area contributed by atoms with Crippen molar-refractivity contribution in [1.82, 2.24) is 5.32 Å². The quantitative estimate of drug-likeness (QED) is 0.790. The van der Waals surface area contributed by atoms with Crippen molar-refractivity contribution in [2.24, 2.45) is 5.73 Å². The number of benzene rings is 2. The van der Waals surface area contributed by atoms with Crippen molar-refractivity contribution in [3.63, 3.8) is 0 Å². The zero-order valence-corrected chi connectivity index (χ0v) is 13.4. The summed E-state index contributed by atoms with van der Waals surface area (Å²) in [6.07, 6.45) is 3.38. The van der Waals surface area contributed by atoms with Gasteiger partial charge in [-0.1, -0.05) is 36.8 Å². The Kier molecular flexibility index (Phi) is 4.51. The van der Waals surface area contributed by atoms with E-state index in [-0.39, 0.29) is 11.3 Å². The van der Waals surface area contributed by atoms with E-state index in [0.717, 1.165) is 12.8 Å². The summed E-state index contributed by atoms with van der Waals surface area (Å²) < 4.78 is 0. The molecule has 0 bridgehead atoms. The maximum atomic E-state index is 12.4. The molecule has 0 heterocycles. The fourth-order valence-electron chi connectivity index (χ4n) is 3.16. The third-order valence-electron chi connectivity index (χ3n) is 4.70. The molecular formula is C19H21N3O2. The van der Waals surface area contributed by atoms with Crippen molar-refractivity contribution in [2.75, 3.05) is 11.9 Å². The Labute approximate surface area is 141 Å². The van der Waals surface area contributed by atoms with E-state index in [1.807, 2.05) is 18.2 Å². The second kappa shape index (κ2) is 6.74. The van der Waals surface area contributed by atoms with Gasteiger partial charge in [0.2, 0.25) is 0 Å². The van der Waals surface area contributed by atoms with Gasteiger partial charge in [-0.05, 0) is 42.7 Å². The molecule has 1 aliphatic carbocycles. The predicted octanol–water partition coefficient (Wildman–Crippen LogP) is 3.03. The standard InChI is InChI=1S/C19H21N3O2/c20-18(24)22-16-9-7-14(8-10-16)17(23)21-13-19(11-4-12-19)15-5-2-1-3-6-15/h1-3,5-10H,4,11-13H2,(H,21,23)(H3,20,22,24). The Morgan fingerprint density at radius 2 is 1.67 bits per heavy atom. The van der Waals surface area contributed by atoms with E-state index < -0.39 is 6.03 Å². The molecule has 2 aromatic rings. The SMILES string of the molecule is NC(=O)Nc1ccc(C(=O)NCC2(c3ccccc3)CCC2)cc1. The molecule has 1 aliphatic rings. The highest BCUT2D eigenvalue weighted by molar-refractivity contribution is 5.95. The minimum absolute atomic E-state index is 0.0599. The summed E-state index contributed by atoms with van der Waals surface area (Å²) in [5, 5.41) is 5.52. The topological polar surface area (TPSA) is 84.2 Å². The Morgan fingerprint density at radius 3 is 2.21 bits per heavy atom. The molecule has 4 N–H and O–H groups in total. The van der Waals surface area contributed by atoms with Crippen LogP contribution in [0.25, 0.3) is 0 Å². The summed E-state index contributed by atoms with van der Waals surface area (Å²) in [4.78, 5) is 23.2. The molecule has 24 heavy (non-hydrogen) atoms. The van der Waals surface area contributed by atoms with Gasteiger partial charge in [0, 0.05) is 23.2 Å². The van der Waals surface area contributed by atoms with Gasteiger partial charge in [0.1, 0.15) is 0 Å². The maximum Gasteiger partial charge on any atom is 0.316 e. The molecule has 5 heteroatoms. The smallest absolute Gasteiger partial charge is 0.316 e. The molecule has 5 nitrogen and oxygen atoms in total. The lowest BCUT2D eigenvalue weighted by atomic mass is 9.64. The van der Waals surface area contributed by atoms with Crippen molar-refractivity contribution in [3.8, 4) is 0 Å². The average molecular weight is 323 g/mol. The van der Waals surface area contributed by atoms with Crippen LogP contribution in [0, 0.1) is 0 Å². The van der Waals surface area contributed by atoms with E-state index in [4.69, 9.17) is 5.73 Å². The van der Waals surface area contributed by atoms with Crippen LogP contribution in [-0.2, 0) is 5.41 Å². The molecule has 0 spiro atoms. The van der Waals surface area contributed by atoms with Gasteiger partial charge in [0.25, 0.3) is 5.91 Å². The molecule has 3 rings (SSSR count). The summed E-state index contributed by atoms with van der Waals surface area (Å²) >= 11 is 0. The van der Waals surface area contributed by atoms with Crippen molar-refractivity contribution >= 4 is 17.6 Å². The van der Waals surface area contributed by atoms with Gasteiger partial charge >= 0.3 is 6.03 Å². The lowest BCUT2D eigenvalue weighted by Gasteiger charge is -2.42. The number of amides is 3. The first-order chi connectivity index (χ1) is 11.6. The highest BCUT2D eigenvalue weighted by atomic mass is 16.2. The first-order valence-electron chi connectivity index (χ1n) is 8.09. The largest absolute Gasteiger partial charge is 0.351 e. The van der Waals surface area contributed by atoms with Crippen LogP contribution in [0.3, 0.4) is 0 Å². The first kappa shape index (κ1) is 16.1. The number of rotatable bonds is 5. The lowest BCUT2D eigenvalue weighted by Crippen LogP contribution is -2.45. The van der Waals surface area contributed by atoms with Gasteiger partial charge in [0.15, 0.2) is 0 Å². The zero-order valence-electron chi connectivity index (χ0n) is 13.4. The van der Waals surface area contributed by atoms with Gasteiger partial charge < -0.3 is 16.4 Å². The molecule has 0 aliphatic heterocycles. The number of nitrogens with two attached hydrogens (primary N) is 1. The summed E-state index contributed by atoms with van der Waals surface area (Å²) in [7, 11) is 0. The van der Waals surface area contributed by atoms with Crippen molar-refractivity contribution in [2.45, 2.75) is 24.7 Å². The van der Waals surface area contributed by atoms with E-state index in [1.54, 1.807) is 24.3 Å². The molecule has 1 saturated carbocycles. The molecule has 2 aromatic carbocycles. The fourth-order valence-corrected chi connectivity index (χ4v) is 3.16. The lowest BCUT2D eigenvalue weighted by molar-refractivity contribution is 0.0928. The van der Waals surface area contributed by atoms with Crippen LogP contribution >= 0.6 is 0 Å². The maximum absolute atomic E-state index is 12.4. The molecule has 3 amide bonds. The number of primary amides is 1. The fraction of sp³-hybridized carbons (Fsp3) is 0.263. The van der Waals surface area contributed by atoms with E-state index in [0.29, 0.717) is 17.8 Å². The van der Waals surface area contributed by atoms with Crippen LogP contribution in [0.15, 0.2) is 54.6 Å². The van der Waals surface area contributed by atoms with E-state index in [2.05, 4.69) is 22.8 Å². The Balaban J connectivity index is 1.63. The number of urea groups is 1. The third kappa shape index (κ3) is 3.40. The van der Waals surface area contributed by atoms with Gasteiger partial charge in [-0.3, -0.25) is 4.79 Å². The van der Waals surface area contributed by atoms with Crippen LogP contribution in [0.2, 0.25) is 0 Å². The molecule has 0 radical (unpaired) electrons. The van der Waals surface area contributed by atoms with Crippen LogP contribution in [0.4, 0.5) is 10.5 Å². The van der Waals surface area contributed by atoms with Gasteiger partial charge in [-0.15, -0.1) is 0 Å². The molecule has 124 valence electrons. The third-order valence-corrected chi connectivity index (χ3v) is 4.70. The van der Waals surface area contributed by atoms with Crippen LogP contribution in [-0.4, -0.2) is 18.5 Å². The minimum atomic E-state index is -0.623. The molecule has 0 unspecified atom stereocenters.